The highest BCUT2D eigenvalue weighted by Crippen LogP contribution is 2.31. The standard InChI is InChI=1S/C14H20BrF2N/c1-4-5-9(2)8-12(18-3)10-6-7-11(16)14(17)13(10)15/h6-7,9,12,18H,4-5,8H2,1-3H3. The van der Waals surface area contributed by atoms with Crippen LogP contribution in [0.15, 0.2) is 16.6 Å². The molecule has 2 atom stereocenters. The molecule has 0 heterocycles. The molecule has 0 bridgehead atoms. The van der Waals surface area contributed by atoms with Gasteiger partial charge in [0.2, 0.25) is 0 Å². The maximum absolute atomic E-state index is 13.5. The first-order valence-electron chi connectivity index (χ1n) is 6.31. The first-order chi connectivity index (χ1) is 8.51. The predicted molar refractivity (Wildman–Crippen MR) is 74.5 cm³/mol. The Kier molecular flexibility index (Phi) is 6.22. The van der Waals surface area contributed by atoms with Crippen LogP contribution < -0.4 is 5.32 Å². The maximum Gasteiger partial charge on any atom is 0.173 e. The number of nitrogens with one attached hydrogen (secondary N) is 1. The summed E-state index contributed by atoms with van der Waals surface area (Å²) in [4.78, 5) is 0. The van der Waals surface area contributed by atoms with Gasteiger partial charge in [-0.3, -0.25) is 0 Å². The fraction of sp³-hybridized carbons (Fsp3) is 0.571. The fourth-order valence-electron chi connectivity index (χ4n) is 2.22. The highest BCUT2D eigenvalue weighted by Gasteiger charge is 2.19. The zero-order valence-corrected chi connectivity index (χ0v) is 12.7. The highest BCUT2D eigenvalue weighted by atomic mass is 79.9. The Morgan fingerprint density at radius 3 is 2.56 bits per heavy atom. The van der Waals surface area contributed by atoms with E-state index in [-0.39, 0.29) is 10.5 Å². The summed E-state index contributed by atoms with van der Waals surface area (Å²) in [5, 5.41) is 3.18. The quantitative estimate of drug-likeness (QED) is 0.742. The topological polar surface area (TPSA) is 12.0 Å². The molecular weight excluding hydrogens is 300 g/mol. The van der Waals surface area contributed by atoms with E-state index in [1.54, 1.807) is 6.07 Å². The molecule has 0 aliphatic carbocycles. The monoisotopic (exact) mass is 319 g/mol. The largest absolute Gasteiger partial charge is 0.313 e. The molecule has 0 saturated heterocycles. The Morgan fingerprint density at radius 2 is 2.00 bits per heavy atom. The lowest BCUT2D eigenvalue weighted by molar-refractivity contribution is 0.403. The predicted octanol–water partition coefficient (Wildman–Crippen LogP) is 4.81. The molecule has 18 heavy (non-hydrogen) atoms. The third kappa shape index (κ3) is 3.75. The molecule has 0 amide bonds. The molecule has 1 rings (SSSR count). The van der Waals surface area contributed by atoms with Gasteiger partial charge >= 0.3 is 0 Å². The lowest BCUT2D eigenvalue weighted by atomic mass is 9.93. The summed E-state index contributed by atoms with van der Waals surface area (Å²) in [5.74, 6) is -1.08. The molecule has 2 unspecified atom stereocenters. The molecular formula is C14H20BrF2N. The van der Waals surface area contributed by atoms with E-state index in [1.165, 1.54) is 6.07 Å². The van der Waals surface area contributed by atoms with Crippen LogP contribution in [0.1, 0.15) is 44.7 Å². The van der Waals surface area contributed by atoms with E-state index < -0.39 is 11.6 Å². The number of hydrogen-bond donors (Lipinski definition) is 1. The molecule has 102 valence electrons. The SMILES string of the molecule is CCCC(C)CC(NC)c1ccc(F)c(F)c1Br. The van der Waals surface area contributed by atoms with Crippen LogP contribution in [0.4, 0.5) is 8.78 Å². The summed E-state index contributed by atoms with van der Waals surface area (Å²) in [6, 6.07) is 2.86. The third-order valence-corrected chi connectivity index (χ3v) is 4.01. The van der Waals surface area contributed by atoms with Gasteiger partial charge in [0.05, 0.1) is 4.47 Å². The molecule has 0 spiro atoms. The summed E-state index contributed by atoms with van der Waals surface area (Å²) in [6.07, 6.45) is 3.18. The molecule has 1 aromatic rings. The van der Waals surface area contributed by atoms with Crippen molar-refractivity contribution >= 4 is 15.9 Å². The molecule has 0 radical (unpaired) electrons. The van der Waals surface area contributed by atoms with E-state index in [0.29, 0.717) is 5.92 Å². The van der Waals surface area contributed by atoms with E-state index in [1.807, 2.05) is 7.05 Å². The third-order valence-electron chi connectivity index (χ3n) is 3.21. The average Bonchev–Trinajstić information content (AvgIpc) is 2.34. The van der Waals surface area contributed by atoms with Gasteiger partial charge in [-0.15, -0.1) is 0 Å². The molecule has 0 aliphatic rings. The Balaban J connectivity index is 2.92. The van der Waals surface area contributed by atoms with Crippen molar-refractivity contribution in [3.8, 4) is 0 Å². The van der Waals surface area contributed by atoms with Crippen LogP contribution in [0.3, 0.4) is 0 Å². The lowest BCUT2D eigenvalue weighted by Gasteiger charge is -2.22. The van der Waals surface area contributed by atoms with E-state index in [0.717, 1.165) is 24.8 Å². The Morgan fingerprint density at radius 1 is 1.33 bits per heavy atom. The first-order valence-corrected chi connectivity index (χ1v) is 7.11. The number of halogens is 3. The normalized spacial score (nSPS) is 14.6. The molecule has 0 aliphatic heterocycles. The van der Waals surface area contributed by atoms with Crippen LogP contribution in [-0.4, -0.2) is 7.05 Å². The summed E-state index contributed by atoms with van der Waals surface area (Å²) in [5.41, 5.74) is 0.777. The van der Waals surface area contributed by atoms with Crippen LogP contribution in [0.2, 0.25) is 0 Å². The maximum atomic E-state index is 13.5. The summed E-state index contributed by atoms with van der Waals surface area (Å²) >= 11 is 3.15. The molecule has 1 nitrogen and oxygen atoms in total. The second-order valence-electron chi connectivity index (χ2n) is 4.74. The van der Waals surface area contributed by atoms with Gasteiger partial charge in [0, 0.05) is 6.04 Å². The fourth-order valence-corrected chi connectivity index (χ4v) is 2.82. The Bertz CT molecular complexity index is 396. The van der Waals surface area contributed by atoms with E-state index >= 15 is 0 Å². The van der Waals surface area contributed by atoms with E-state index in [4.69, 9.17) is 0 Å². The summed E-state index contributed by atoms with van der Waals surface area (Å²) in [7, 11) is 1.84. The Hall–Kier alpha value is -0.480. The van der Waals surface area contributed by atoms with Crippen molar-refractivity contribution in [2.45, 2.75) is 39.2 Å². The van der Waals surface area contributed by atoms with Crippen molar-refractivity contribution in [3.05, 3.63) is 33.8 Å². The molecule has 0 saturated carbocycles. The second kappa shape index (κ2) is 7.19. The smallest absolute Gasteiger partial charge is 0.173 e. The molecule has 1 N–H and O–H groups in total. The van der Waals surface area contributed by atoms with Gasteiger partial charge in [-0.1, -0.05) is 32.8 Å². The molecule has 0 aromatic heterocycles. The van der Waals surface area contributed by atoms with Crippen molar-refractivity contribution in [1.29, 1.82) is 0 Å². The van der Waals surface area contributed by atoms with Crippen molar-refractivity contribution < 1.29 is 8.78 Å². The van der Waals surface area contributed by atoms with E-state index in [9.17, 15) is 8.78 Å². The van der Waals surface area contributed by atoms with Crippen LogP contribution in [0.5, 0.6) is 0 Å². The molecule has 1 aromatic carbocycles. The van der Waals surface area contributed by atoms with Crippen LogP contribution in [0.25, 0.3) is 0 Å². The van der Waals surface area contributed by atoms with Gasteiger partial charge in [-0.2, -0.15) is 0 Å². The van der Waals surface area contributed by atoms with Crippen molar-refractivity contribution in [3.63, 3.8) is 0 Å². The summed E-state index contributed by atoms with van der Waals surface area (Å²) in [6.45, 7) is 4.33. The second-order valence-corrected chi connectivity index (χ2v) is 5.53. The minimum atomic E-state index is -0.818. The Labute approximate surface area is 116 Å². The highest BCUT2D eigenvalue weighted by molar-refractivity contribution is 9.10. The van der Waals surface area contributed by atoms with Crippen LogP contribution >= 0.6 is 15.9 Å². The van der Waals surface area contributed by atoms with Crippen molar-refractivity contribution in [2.75, 3.05) is 7.05 Å². The van der Waals surface area contributed by atoms with Gasteiger partial charge in [0.15, 0.2) is 11.6 Å². The number of hydrogen-bond acceptors (Lipinski definition) is 1. The number of benzene rings is 1. The minimum absolute atomic E-state index is 0.0380. The van der Waals surface area contributed by atoms with Crippen LogP contribution in [-0.2, 0) is 0 Å². The molecule has 0 fully saturated rings. The van der Waals surface area contributed by atoms with Gasteiger partial charge in [-0.05, 0) is 46.9 Å². The zero-order chi connectivity index (χ0) is 13.7. The van der Waals surface area contributed by atoms with Crippen LogP contribution in [0, 0.1) is 17.6 Å². The van der Waals surface area contributed by atoms with Gasteiger partial charge < -0.3 is 5.32 Å². The van der Waals surface area contributed by atoms with Crippen molar-refractivity contribution in [1.82, 2.24) is 5.32 Å². The van der Waals surface area contributed by atoms with Gasteiger partial charge in [-0.25, -0.2) is 8.78 Å². The van der Waals surface area contributed by atoms with Gasteiger partial charge in [0.1, 0.15) is 0 Å². The zero-order valence-electron chi connectivity index (χ0n) is 11.1. The molecule has 4 heteroatoms. The van der Waals surface area contributed by atoms with Gasteiger partial charge in [0.25, 0.3) is 0 Å². The lowest BCUT2D eigenvalue weighted by Crippen LogP contribution is -2.20. The average molecular weight is 320 g/mol. The van der Waals surface area contributed by atoms with E-state index in [2.05, 4.69) is 35.1 Å². The minimum Gasteiger partial charge on any atom is -0.313 e. The summed E-state index contributed by atoms with van der Waals surface area (Å²) < 4.78 is 26.8. The van der Waals surface area contributed by atoms with Crippen molar-refractivity contribution in [2.24, 2.45) is 5.92 Å². The number of rotatable bonds is 6. The first kappa shape index (κ1) is 15.6.